The molecule has 0 aliphatic heterocycles. The summed E-state index contributed by atoms with van der Waals surface area (Å²) in [7, 11) is 0.608. The van der Waals surface area contributed by atoms with Crippen molar-refractivity contribution < 1.29 is 23.5 Å². The molecule has 6 heteroatoms. The fourth-order valence-corrected chi connectivity index (χ4v) is 5.18. The van der Waals surface area contributed by atoms with Crippen molar-refractivity contribution in [2.75, 3.05) is 20.8 Å². The van der Waals surface area contributed by atoms with Crippen LogP contribution >= 0.6 is 0 Å². The van der Waals surface area contributed by atoms with Gasteiger partial charge in [-0.15, -0.1) is 0 Å². The Balaban J connectivity index is 5.11. The molecule has 44 heavy (non-hydrogen) atoms. The largest absolute Gasteiger partial charge is 0.465 e. The van der Waals surface area contributed by atoms with E-state index < -0.39 is 20.3 Å². The summed E-state index contributed by atoms with van der Waals surface area (Å²) in [6, 6.07) is 0. The molecule has 0 aliphatic rings. The number of methoxy groups -OCH3 is 2. The van der Waals surface area contributed by atoms with E-state index in [0.717, 1.165) is 51.4 Å². The fourth-order valence-electron chi connectivity index (χ4n) is 4.20. The zero-order valence-corrected chi connectivity index (χ0v) is 31.3. The van der Waals surface area contributed by atoms with Crippen LogP contribution in [0.15, 0.2) is 69.9 Å². The standard InChI is InChI=1S/C38H64O5Si/c1-30(2)19-15-22-33(5)24-16-23-31(3)20-13-14-21-32(4)25-17-26-34(29-43-44(11,12)38(6,7)8)27-18-28-35(36(39)41-9)37(40)42-10/h19-21,24,26,28H,13-18,22-23,25,27,29H2,1-12H3/b31-20+,32-21+,33-24+,34-26-. The Labute approximate surface area is 271 Å². The maximum absolute atomic E-state index is 12.0. The molecule has 0 amide bonds. The normalized spacial score (nSPS) is 13.5. The number of ether oxygens (including phenoxy) is 2. The third kappa shape index (κ3) is 19.1. The highest BCUT2D eigenvalue weighted by atomic mass is 28.4. The van der Waals surface area contributed by atoms with Crippen LogP contribution in [-0.2, 0) is 23.5 Å². The molecule has 250 valence electrons. The van der Waals surface area contributed by atoms with E-state index in [-0.39, 0.29) is 10.6 Å². The SMILES string of the molecule is COC(=O)C(=CCC/C(=C/CC/C(C)=C/CC/C=C(\C)CC/C=C(\C)CCC=C(C)C)CO[Si](C)(C)C(C)(C)C)C(=O)OC. The number of rotatable bonds is 20. The van der Waals surface area contributed by atoms with Gasteiger partial charge in [-0.1, -0.05) is 79.5 Å². The molecule has 0 fully saturated rings. The number of unbranched alkanes of at least 4 members (excludes halogenated alkanes) is 1. The molecule has 0 aromatic rings. The Morgan fingerprint density at radius 1 is 0.591 bits per heavy atom. The molecule has 5 nitrogen and oxygen atoms in total. The molecule has 0 atom stereocenters. The second-order valence-corrected chi connectivity index (χ2v) is 18.5. The number of allylic oxidation sites excluding steroid dienone is 10. The van der Waals surface area contributed by atoms with Crippen molar-refractivity contribution in [1.29, 1.82) is 0 Å². The van der Waals surface area contributed by atoms with Gasteiger partial charge in [0.15, 0.2) is 8.32 Å². The van der Waals surface area contributed by atoms with Crippen molar-refractivity contribution in [3.63, 3.8) is 0 Å². The summed E-state index contributed by atoms with van der Waals surface area (Å²) in [6.07, 6.45) is 23.2. The molecule has 0 aromatic heterocycles. The number of carbonyl (C=O) groups is 2. The van der Waals surface area contributed by atoms with E-state index in [1.54, 1.807) is 6.08 Å². The van der Waals surface area contributed by atoms with Crippen LogP contribution in [0, 0.1) is 0 Å². The first kappa shape index (κ1) is 41.6. The second kappa shape index (κ2) is 22.1. The van der Waals surface area contributed by atoms with Gasteiger partial charge in [0.25, 0.3) is 0 Å². The summed E-state index contributed by atoms with van der Waals surface area (Å²) in [5, 5.41) is 0.119. The minimum Gasteiger partial charge on any atom is -0.465 e. The quantitative estimate of drug-likeness (QED) is 0.0255. The van der Waals surface area contributed by atoms with Crippen LogP contribution < -0.4 is 0 Å². The summed E-state index contributed by atoms with van der Waals surface area (Å²) in [5.74, 6) is -1.35. The van der Waals surface area contributed by atoms with Crippen LogP contribution in [0.1, 0.15) is 120 Å². The Bertz CT molecular complexity index is 1050. The third-order valence-corrected chi connectivity index (χ3v) is 12.8. The Hall–Kier alpha value is -2.44. The number of hydrogen-bond donors (Lipinski definition) is 0. The highest BCUT2D eigenvalue weighted by Gasteiger charge is 2.37. The molecular formula is C38H64O5Si. The van der Waals surface area contributed by atoms with E-state index in [1.807, 2.05) is 0 Å². The lowest BCUT2D eigenvalue weighted by Crippen LogP contribution is -2.41. The molecule has 0 heterocycles. The molecule has 0 radical (unpaired) electrons. The van der Waals surface area contributed by atoms with E-state index in [1.165, 1.54) is 42.1 Å². The lowest BCUT2D eigenvalue weighted by molar-refractivity contribution is -0.144. The van der Waals surface area contributed by atoms with Gasteiger partial charge in [-0.25, -0.2) is 9.59 Å². The van der Waals surface area contributed by atoms with E-state index in [2.05, 4.69) is 98.9 Å². The summed E-state index contributed by atoms with van der Waals surface area (Å²) in [5.41, 5.74) is 6.87. The number of hydrogen-bond acceptors (Lipinski definition) is 5. The zero-order chi connectivity index (χ0) is 33.8. The molecule has 0 unspecified atom stereocenters. The molecule has 0 saturated carbocycles. The third-order valence-electron chi connectivity index (χ3n) is 8.30. The van der Waals surface area contributed by atoms with E-state index in [9.17, 15) is 9.59 Å². The van der Waals surface area contributed by atoms with Gasteiger partial charge in [-0.05, 0) is 123 Å². The van der Waals surface area contributed by atoms with Gasteiger partial charge in [0.05, 0.1) is 20.8 Å². The van der Waals surface area contributed by atoms with E-state index >= 15 is 0 Å². The van der Waals surface area contributed by atoms with Crippen molar-refractivity contribution in [1.82, 2.24) is 0 Å². The highest BCUT2D eigenvalue weighted by Crippen LogP contribution is 2.37. The first-order chi connectivity index (χ1) is 20.5. The van der Waals surface area contributed by atoms with Gasteiger partial charge >= 0.3 is 11.9 Å². The maximum Gasteiger partial charge on any atom is 0.344 e. The average Bonchev–Trinajstić information content (AvgIpc) is 2.94. The van der Waals surface area contributed by atoms with Crippen LogP contribution in [0.3, 0.4) is 0 Å². The van der Waals surface area contributed by atoms with Gasteiger partial charge in [0, 0.05) is 0 Å². The summed E-state index contributed by atoms with van der Waals surface area (Å²) in [6.45, 7) is 22.8. The Morgan fingerprint density at radius 2 is 1.00 bits per heavy atom. The minimum absolute atomic E-state index is 0.0653. The van der Waals surface area contributed by atoms with E-state index in [0.29, 0.717) is 19.4 Å². The lowest BCUT2D eigenvalue weighted by Gasteiger charge is -2.36. The van der Waals surface area contributed by atoms with Crippen molar-refractivity contribution in [3.8, 4) is 0 Å². The Morgan fingerprint density at radius 3 is 1.43 bits per heavy atom. The van der Waals surface area contributed by atoms with Crippen LogP contribution in [0.4, 0.5) is 0 Å². The zero-order valence-electron chi connectivity index (χ0n) is 30.3. The summed E-state index contributed by atoms with van der Waals surface area (Å²) in [4.78, 5) is 24.1. The fraction of sp³-hybridized carbons (Fsp3) is 0.632. The van der Waals surface area contributed by atoms with Crippen molar-refractivity contribution >= 4 is 20.3 Å². The highest BCUT2D eigenvalue weighted by molar-refractivity contribution is 6.74. The topological polar surface area (TPSA) is 61.8 Å². The Kier molecular flexibility index (Phi) is 20.9. The second-order valence-electron chi connectivity index (χ2n) is 13.7. The smallest absolute Gasteiger partial charge is 0.344 e. The summed E-state index contributed by atoms with van der Waals surface area (Å²) < 4.78 is 16.0. The minimum atomic E-state index is -1.92. The monoisotopic (exact) mass is 628 g/mol. The van der Waals surface area contributed by atoms with Gasteiger partial charge in [-0.2, -0.15) is 0 Å². The van der Waals surface area contributed by atoms with Gasteiger partial charge in [0.2, 0.25) is 0 Å². The molecule has 0 aliphatic carbocycles. The van der Waals surface area contributed by atoms with Crippen molar-refractivity contribution in [2.45, 2.75) is 138 Å². The van der Waals surface area contributed by atoms with Crippen LogP contribution in [0.2, 0.25) is 18.1 Å². The van der Waals surface area contributed by atoms with E-state index in [4.69, 9.17) is 13.9 Å². The van der Waals surface area contributed by atoms with Crippen LogP contribution in [0.5, 0.6) is 0 Å². The van der Waals surface area contributed by atoms with Crippen LogP contribution in [0.25, 0.3) is 0 Å². The molecular weight excluding hydrogens is 564 g/mol. The van der Waals surface area contributed by atoms with Gasteiger partial charge < -0.3 is 13.9 Å². The summed E-state index contributed by atoms with van der Waals surface area (Å²) >= 11 is 0. The molecule has 0 bridgehead atoms. The number of carbonyl (C=O) groups excluding carboxylic acids is 2. The molecule has 0 spiro atoms. The number of esters is 2. The predicted octanol–water partition coefficient (Wildman–Crippen LogP) is 10.9. The van der Waals surface area contributed by atoms with Crippen LogP contribution in [-0.4, -0.2) is 41.1 Å². The van der Waals surface area contributed by atoms with Crippen molar-refractivity contribution in [2.24, 2.45) is 0 Å². The molecule has 0 saturated heterocycles. The van der Waals surface area contributed by atoms with Crippen molar-refractivity contribution in [3.05, 3.63) is 69.9 Å². The first-order valence-electron chi connectivity index (χ1n) is 16.3. The molecule has 0 rings (SSSR count). The predicted molar refractivity (Wildman–Crippen MR) is 190 cm³/mol. The first-order valence-corrected chi connectivity index (χ1v) is 19.2. The average molecular weight is 629 g/mol. The lowest BCUT2D eigenvalue weighted by atomic mass is 10.0. The molecule has 0 aromatic carbocycles. The molecule has 0 N–H and O–H groups in total. The van der Waals surface area contributed by atoms with Gasteiger partial charge in [-0.3, -0.25) is 0 Å². The maximum atomic E-state index is 12.0. The van der Waals surface area contributed by atoms with Gasteiger partial charge in [0.1, 0.15) is 5.57 Å².